The van der Waals surface area contributed by atoms with E-state index in [1.54, 1.807) is 17.8 Å². The first-order chi connectivity index (χ1) is 11.7. The van der Waals surface area contributed by atoms with Crippen molar-refractivity contribution in [2.24, 2.45) is 0 Å². The fourth-order valence-corrected chi connectivity index (χ4v) is 2.67. The number of hydrogen-bond donors (Lipinski definition) is 2. The number of benzene rings is 2. The van der Waals surface area contributed by atoms with Gasteiger partial charge in [0.2, 0.25) is 0 Å². The summed E-state index contributed by atoms with van der Waals surface area (Å²) in [6.45, 7) is 2.05. The third-order valence-electron chi connectivity index (χ3n) is 3.10. The highest BCUT2D eigenvalue weighted by molar-refractivity contribution is 7.99. The minimum Gasteiger partial charge on any atom is -0.457 e. The zero-order valence-corrected chi connectivity index (χ0v) is 14.1. The molecule has 0 fully saturated rings. The number of nitrogens with two attached hydrogens (primary N) is 1. The van der Waals surface area contributed by atoms with Crippen LogP contribution in [-0.4, -0.2) is 15.7 Å². The lowest BCUT2D eigenvalue weighted by atomic mass is 10.3. The van der Waals surface area contributed by atoms with E-state index < -0.39 is 0 Å². The van der Waals surface area contributed by atoms with Crippen molar-refractivity contribution < 1.29 is 4.74 Å². The number of rotatable bonds is 6. The van der Waals surface area contributed by atoms with Gasteiger partial charge in [0.05, 0.1) is 0 Å². The van der Waals surface area contributed by atoms with Crippen LogP contribution in [0.2, 0.25) is 0 Å². The summed E-state index contributed by atoms with van der Waals surface area (Å²) >= 11 is 1.56. The van der Waals surface area contributed by atoms with Crippen molar-refractivity contribution in [3.05, 3.63) is 60.7 Å². The molecule has 0 bridgehead atoms. The molecular formula is C18H18N4OS. The molecular weight excluding hydrogens is 320 g/mol. The second-order valence-electron chi connectivity index (χ2n) is 4.96. The van der Waals surface area contributed by atoms with E-state index in [1.807, 2.05) is 54.6 Å². The number of nitrogens with one attached hydrogen (secondary N) is 1. The lowest BCUT2D eigenvalue weighted by Crippen LogP contribution is -2.00. The van der Waals surface area contributed by atoms with E-state index in [0.717, 1.165) is 22.9 Å². The third-order valence-corrected chi connectivity index (χ3v) is 3.83. The van der Waals surface area contributed by atoms with Crippen LogP contribution in [0.15, 0.2) is 65.8 Å². The van der Waals surface area contributed by atoms with E-state index in [0.29, 0.717) is 16.8 Å². The molecule has 1 aromatic heterocycles. The molecule has 0 unspecified atom stereocenters. The second kappa shape index (κ2) is 7.70. The lowest BCUT2D eigenvalue weighted by Gasteiger charge is -2.09. The second-order valence-corrected chi connectivity index (χ2v) is 6.19. The molecule has 0 saturated carbocycles. The molecule has 24 heavy (non-hydrogen) atoms. The zero-order chi connectivity index (χ0) is 16.8. The molecule has 122 valence electrons. The van der Waals surface area contributed by atoms with Crippen molar-refractivity contribution in [3.8, 4) is 11.5 Å². The van der Waals surface area contributed by atoms with Crippen LogP contribution in [0.5, 0.6) is 11.5 Å². The van der Waals surface area contributed by atoms with Crippen molar-refractivity contribution in [3.63, 3.8) is 0 Å². The summed E-state index contributed by atoms with van der Waals surface area (Å²) in [5, 5.41) is 3.91. The summed E-state index contributed by atoms with van der Waals surface area (Å²) < 4.78 is 5.78. The number of aromatic nitrogens is 2. The molecule has 6 heteroatoms. The number of nitrogens with zero attached hydrogens (tertiary/aromatic N) is 2. The van der Waals surface area contributed by atoms with Gasteiger partial charge in [0.15, 0.2) is 5.16 Å². The van der Waals surface area contributed by atoms with Crippen LogP contribution < -0.4 is 15.8 Å². The molecule has 0 aliphatic heterocycles. The average Bonchev–Trinajstić information content (AvgIpc) is 2.57. The van der Waals surface area contributed by atoms with Gasteiger partial charge in [-0.25, -0.2) is 9.97 Å². The molecule has 5 nitrogen and oxygen atoms in total. The summed E-state index contributed by atoms with van der Waals surface area (Å²) in [5.41, 5.74) is 6.73. The highest BCUT2D eigenvalue weighted by atomic mass is 32.2. The Morgan fingerprint density at radius 3 is 2.42 bits per heavy atom. The van der Waals surface area contributed by atoms with Gasteiger partial charge in [-0.05, 0) is 42.2 Å². The Morgan fingerprint density at radius 2 is 1.71 bits per heavy atom. The van der Waals surface area contributed by atoms with Gasteiger partial charge < -0.3 is 15.8 Å². The first kappa shape index (κ1) is 16.1. The smallest absolute Gasteiger partial charge is 0.191 e. The van der Waals surface area contributed by atoms with Gasteiger partial charge in [0, 0.05) is 11.8 Å². The fourth-order valence-electron chi connectivity index (χ4n) is 2.08. The number of thioether (sulfide) groups is 1. The Hall–Kier alpha value is -2.73. The summed E-state index contributed by atoms with van der Waals surface area (Å²) in [4.78, 5) is 8.63. The van der Waals surface area contributed by atoms with Gasteiger partial charge in [-0.15, -0.1) is 0 Å². The highest BCUT2D eigenvalue weighted by Crippen LogP contribution is 2.25. The van der Waals surface area contributed by atoms with E-state index in [-0.39, 0.29) is 0 Å². The first-order valence-electron chi connectivity index (χ1n) is 7.60. The standard InChI is InChI=1S/C18H18N4OS/c1-2-24-18-21-16(19)12-17(22-18)20-13-8-10-15(11-9-13)23-14-6-4-3-5-7-14/h3-12H,2H2,1H3,(H3,19,20,21,22). The molecule has 0 aliphatic rings. The van der Waals surface area contributed by atoms with Gasteiger partial charge in [-0.3, -0.25) is 0 Å². The van der Waals surface area contributed by atoms with Crippen molar-refractivity contribution in [2.75, 3.05) is 16.8 Å². The number of ether oxygens (including phenoxy) is 1. The first-order valence-corrected chi connectivity index (χ1v) is 8.59. The minimum absolute atomic E-state index is 0.451. The van der Waals surface area contributed by atoms with Gasteiger partial charge in [0.1, 0.15) is 23.1 Å². The van der Waals surface area contributed by atoms with Gasteiger partial charge in [-0.2, -0.15) is 0 Å². The fraction of sp³-hybridized carbons (Fsp3) is 0.111. The van der Waals surface area contributed by atoms with Crippen LogP contribution in [0.1, 0.15) is 6.92 Å². The van der Waals surface area contributed by atoms with Crippen LogP contribution in [0.25, 0.3) is 0 Å². The molecule has 0 amide bonds. The van der Waals surface area contributed by atoms with E-state index in [9.17, 15) is 0 Å². The largest absolute Gasteiger partial charge is 0.457 e. The maximum Gasteiger partial charge on any atom is 0.191 e. The molecule has 1 heterocycles. The number of nitrogen functional groups attached to an aromatic ring is 1. The SMILES string of the molecule is CCSc1nc(N)cc(Nc2ccc(Oc3ccccc3)cc2)n1. The highest BCUT2D eigenvalue weighted by Gasteiger charge is 2.04. The Balaban J connectivity index is 1.70. The van der Waals surface area contributed by atoms with Crippen LogP contribution in [0.3, 0.4) is 0 Å². The maximum absolute atomic E-state index is 5.83. The quantitative estimate of drug-likeness (QED) is 0.501. The molecule has 3 N–H and O–H groups in total. The van der Waals surface area contributed by atoms with Crippen LogP contribution in [0, 0.1) is 0 Å². The van der Waals surface area contributed by atoms with Crippen molar-refractivity contribution in [2.45, 2.75) is 12.1 Å². The van der Waals surface area contributed by atoms with Crippen LogP contribution in [0.4, 0.5) is 17.3 Å². The third kappa shape index (κ3) is 4.39. The normalized spacial score (nSPS) is 10.4. The zero-order valence-electron chi connectivity index (χ0n) is 13.3. The molecule has 0 radical (unpaired) electrons. The van der Waals surface area contributed by atoms with Gasteiger partial charge in [-0.1, -0.05) is 36.9 Å². The van der Waals surface area contributed by atoms with Crippen LogP contribution in [-0.2, 0) is 0 Å². The molecule has 0 saturated heterocycles. The number of hydrogen-bond acceptors (Lipinski definition) is 6. The molecule has 3 aromatic rings. The summed E-state index contributed by atoms with van der Waals surface area (Å²) in [6, 6.07) is 19.1. The molecule has 0 spiro atoms. The van der Waals surface area contributed by atoms with Crippen molar-refractivity contribution in [1.82, 2.24) is 9.97 Å². The molecule has 0 atom stereocenters. The number of para-hydroxylation sites is 1. The summed E-state index contributed by atoms with van der Waals surface area (Å²) in [6.07, 6.45) is 0. The Kier molecular flexibility index (Phi) is 5.18. The van der Waals surface area contributed by atoms with E-state index in [1.165, 1.54) is 0 Å². The molecule has 0 aliphatic carbocycles. The van der Waals surface area contributed by atoms with Crippen LogP contribution >= 0.6 is 11.8 Å². The Morgan fingerprint density at radius 1 is 1.00 bits per heavy atom. The summed E-state index contributed by atoms with van der Waals surface area (Å²) in [5.74, 6) is 3.61. The Bertz CT molecular complexity index is 794. The maximum atomic E-state index is 5.83. The van der Waals surface area contributed by atoms with E-state index >= 15 is 0 Å². The van der Waals surface area contributed by atoms with Crippen molar-refractivity contribution in [1.29, 1.82) is 0 Å². The molecule has 3 rings (SSSR count). The summed E-state index contributed by atoms with van der Waals surface area (Å²) in [7, 11) is 0. The van der Waals surface area contributed by atoms with E-state index in [2.05, 4.69) is 22.2 Å². The minimum atomic E-state index is 0.451. The number of anilines is 3. The van der Waals surface area contributed by atoms with Crippen molar-refractivity contribution >= 4 is 29.1 Å². The van der Waals surface area contributed by atoms with Gasteiger partial charge >= 0.3 is 0 Å². The topological polar surface area (TPSA) is 73.1 Å². The predicted molar refractivity (Wildman–Crippen MR) is 99.1 cm³/mol. The lowest BCUT2D eigenvalue weighted by molar-refractivity contribution is 0.483. The van der Waals surface area contributed by atoms with Gasteiger partial charge in [0.25, 0.3) is 0 Å². The van der Waals surface area contributed by atoms with E-state index in [4.69, 9.17) is 10.5 Å². The Labute approximate surface area is 145 Å². The monoisotopic (exact) mass is 338 g/mol. The average molecular weight is 338 g/mol. The predicted octanol–water partition coefficient (Wildman–Crippen LogP) is 4.71. The molecule has 2 aromatic carbocycles.